The first-order chi connectivity index (χ1) is 7.69. The number of aryl methyl sites for hydroxylation is 1. The summed E-state index contributed by atoms with van der Waals surface area (Å²) in [4.78, 5) is 15.3. The number of nitrogens with one attached hydrogen (secondary N) is 1. The molecule has 84 valence electrons. The van der Waals surface area contributed by atoms with Crippen LogP contribution in [0, 0.1) is 6.92 Å². The number of hydrogen-bond acceptors (Lipinski definition) is 4. The van der Waals surface area contributed by atoms with Crippen molar-refractivity contribution in [2.75, 3.05) is 11.9 Å². The minimum atomic E-state index is -0.511. The predicted molar refractivity (Wildman–Crippen MR) is 58.4 cm³/mol. The molecule has 1 amide bonds. The highest BCUT2D eigenvalue weighted by Gasteiger charge is 2.06. The number of hydrogen-bond donors (Lipinski definition) is 1. The molecule has 6 nitrogen and oxygen atoms in total. The maximum atomic E-state index is 11.2. The van der Waals surface area contributed by atoms with Gasteiger partial charge in [0, 0.05) is 0 Å². The largest absolute Gasteiger partial charge is 0.450 e. The van der Waals surface area contributed by atoms with Crippen LogP contribution in [-0.4, -0.2) is 27.3 Å². The van der Waals surface area contributed by atoms with E-state index in [1.165, 1.54) is 0 Å². The topological polar surface area (TPSA) is 68.5 Å². The summed E-state index contributed by atoms with van der Waals surface area (Å²) < 4.78 is 6.35. The van der Waals surface area contributed by atoms with Crippen molar-refractivity contribution in [3.63, 3.8) is 0 Å². The lowest BCUT2D eigenvalue weighted by atomic mass is 10.4. The van der Waals surface area contributed by atoms with Crippen LogP contribution in [0.5, 0.6) is 0 Å². The van der Waals surface area contributed by atoms with Gasteiger partial charge in [0.15, 0.2) is 11.5 Å². The van der Waals surface area contributed by atoms with Crippen molar-refractivity contribution in [2.45, 2.75) is 13.8 Å². The smallest absolute Gasteiger partial charge is 0.412 e. The van der Waals surface area contributed by atoms with E-state index in [1.807, 2.05) is 19.1 Å². The Morgan fingerprint density at radius 3 is 3.12 bits per heavy atom. The van der Waals surface area contributed by atoms with Crippen molar-refractivity contribution in [2.24, 2.45) is 0 Å². The highest BCUT2D eigenvalue weighted by Crippen LogP contribution is 2.08. The second kappa shape index (κ2) is 4.18. The predicted octanol–water partition coefficient (Wildman–Crippen LogP) is 1.61. The van der Waals surface area contributed by atoms with Crippen molar-refractivity contribution < 1.29 is 9.53 Å². The van der Waals surface area contributed by atoms with E-state index in [1.54, 1.807) is 17.6 Å². The molecule has 0 unspecified atom stereocenters. The number of amides is 1. The zero-order valence-electron chi connectivity index (χ0n) is 9.10. The van der Waals surface area contributed by atoms with Gasteiger partial charge in [0.25, 0.3) is 0 Å². The summed E-state index contributed by atoms with van der Waals surface area (Å²) in [6, 6.07) is 3.69. The average molecular weight is 220 g/mol. The van der Waals surface area contributed by atoms with E-state index in [-0.39, 0.29) is 0 Å². The van der Waals surface area contributed by atoms with E-state index < -0.39 is 6.09 Å². The Morgan fingerprint density at radius 1 is 1.56 bits per heavy atom. The van der Waals surface area contributed by atoms with Crippen LogP contribution >= 0.6 is 0 Å². The third-order valence-electron chi connectivity index (χ3n) is 1.96. The highest BCUT2D eigenvalue weighted by molar-refractivity contribution is 5.83. The average Bonchev–Trinajstić information content (AvgIpc) is 2.59. The van der Waals surface area contributed by atoms with Gasteiger partial charge in [0.05, 0.1) is 18.5 Å². The molecular formula is C10H12N4O2. The second-order valence-electron chi connectivity index (χ2n) is 3.25. The van der Waals surface area contributed by atoms with E-state index in [0.29, 0.717) is 18.1 Å². The van der Waals surface area contributed by atoms with Gasteiger partial charge in [-0.05, 0) is 26.0 Å². The van der Waals surface area contributed by atoms with Crippen LogP contribution in [0.4, 0.5) is 10.6 Å². The maximum absolute atomic E-state index is 11.2. The van der Waals surface area contributed by atoms with E-state index in [4.69, 9.17) is 4.74 Å². The fourth-order valence-corrected chi connectivity index (χ4v) is 1.31. The van der Waals surface area contributed by atoms with Crippen LogP contribution in [0.15, 0.2) is 18.3 Å². The normalized spacial score (nSPS) is 10.4. The Labute approximate surface area is 92.2 Å². The number of anilines is 1. The molecule has 2 aromatic rings. The van der Waals surface area contributed by atoms with Gasteiger partial charge in [-0.1, -0.05) is 0 Å². The zero-order chi connectivity index (χ0) is 11.5. The number of carbonyl (C=O) groups excluding carboxylic acids is 1. The zero-order valence-corrected chi connectivity index (χ0v) is 9.10. The first-order valence-electron chi connectivity index (χ1n) is 4.96. The van der Waals surface area contributed by atoms with Crippen molar-refractivity contribution in [3.05, 3.63) is 24.0 Å². The van der Waals surface area contributed by atoms with Gasteiger partial charge in [0.2, 0.25) is 0 Å². The Hall–Kier alpha value is -2.11. The third kappa shape index (κ3) is 2.10. The molecule has 0 spiro atoms. The maximum Gasteiger partial charge on any atom is 0.412 e. The van der Waals surface area contributed by atoms with Crippen molar-refractivity contribution in [1.29, 1.82) is 0 Å². The molecule has 0 aliphatic rings. The molecule has 0 saturated carbocycles. The summed E-state index contributed by atoms with van der Waals surface area (Å²) in [5, 5.41) is 6.73. The van der Waals surface area contributed by atoms with Crippen LogP contribution in [0.25, 0.3) is 5.65 Å². The summed E-state index contributed by atoms with van der Waals surface area (Å²) >= 11 is 0. The van der Waals surface area contributed by atoms with E-state index in [2.05, 4.69) is 15.4 Å². The van der Waals surface area contributed by atoms with Crippen LogP contribution in [0.2, 0.25) is 0 Å². The van der Waals surface area contributed by atoms with Crippen molar-refractivity contribution in [3.8, 4) is 0 Å². The van der Waals surface area contributed by atoms with Gasteiger partial charge >= 0.3 is 6.09 Å². The number of rotatable bonds is 2. The van der Waals surface area contributed by atoms with Gasteiger partial charge in [-0.25, -0.2) is 14.3 Å². The van der Waals surface area contributed by atoms with Crippen LogP contribution < -0.4 is 5.32 Å². The molecule has 0 radical (unpaired) electrons. The number of nitrogens with zero attached hydrogens (tertiary/aromatic N) is 3. The number of aromatic nitrogens is 3. The number of imidazole rings is 1. The van der Waals surface area contributed by atoms with Crippen molar-refractivity contribution in [1.82, 2.24) is 14.6 Å². The summed E-state index contributed by atoms with van der Waals surface area (Å²) in [6.45, 7) is 3.96. The first kappa shape index (κ1) is 10.4. The summed E-state index contributed by atoms with van der Waals surface area (Å²) in [5.41, 5.74) is 1.56. The molecule has 0 aromatic carbocycles. The lowest BCUT2D eigenvalue weighted by Crippen LogP contribution is -2.13. The fraction of sp³-hybridized carbons (Fsp3) is 0.300. The molecule has 0 atom stereocenters. The van der Waals surface area contributed by atoms with E-state index in [9.17, 15) is 4.79 Å². The number of ether oxygens (including phenoxy) is 1. The standard InChI is InChI=1S/C10H12N4O2/c1-3-16-10(15)12-8-6-14-9(11-8)5-4-7(2)13-14/h4-6H,3H2,1-2H3,(H,12,15). The molecule has 2 rings (SSSR count). The van der Waals surface area contributed by atoms with Gasteiger partial charge in [0.1, 0.15) is 0 Å². The number of carbonyl (C=O) groups is 1. The first-order valence-corrected chi connectivity index (χ1v) is 4.96. The van der Waals surface area contributed by atoms with Gasteiger partial charge in [-0.2, -0.15) is 5.10 Å². The molecule has 2 heterocycles. The summed E-state index contributed by atoms with van der Waals surface area (Å²) in [6.07, 6.45) is 1.13. The Balaban J connectivity index is 2.23. The molecule has 0 aliphatic heterocycles. The van der Waals surface area contributed by atoms with Crippen LogP contribution in [0.3, 0.4) is 0 Å². The molecular weight excluding hydrogens is 208 g/mol. The molecule has 2 aromatic heterocycles. The molecule has 1 N–H and O–H groups in total. The lowest BCUT2D eigenvalue weighted by Gasteiger charge is -1.99. The molecule has 0 bridgehead atoms. The van der Waals surface area contributed by atoms with Gasteiger partial charge < -0.3 is 4.74 Å². The minimum Gasteiger partial charge on any atom is -0.450 e. The molecule has 0 fully saturated rings. The lowest BCUT2D eigenvalue weighted by molar-refractivity contribution is 0.168. The molecule has 16 heavy (non-hydrogen) atoms. The summed E-state index contributed by atoms with van der Waals surface area (Å²) in [5.74, 6) is 0.427. The third-order valence-corrected chi connectivity index (χ3v) is 1.96. The minimum absolute atomic E-state index is 0.330. The highest BCUT2D eigenvalue weighted by atomic mass is 16.5. The van der Waals surface area contributed by atoms with E-state index >= 15 is 0 Å². The van der Waals surface area contributed by atoms with Crippen LogP contribution in [-0.2, 0) is 4.74 Å². The van der Waals surface area contributed by atoms with Gasteiger partial charge in [-0.15, -0.1) is 0 Å². The fourth-order valence-electron chi connectivity index (χ4n) is 1.31. The summed E-state index contributed by atoms with van der Waals surface area (Å²) in [7, 11) is 0. The molecule has 6 heteroatoms. The monoisotopic (exact) mass is 220 g/mol. The van der Waals surface area contributed by atoms with Crippen molar-refractivity contribution >= 4 is 17.6 Å². The number of fused-ring (bicyclic) bond motifs is 1. The SMILES string of the molecule is CCOC(=O)Nc1cn2nc(C)ccc2n1. The molecule has 0 saturated heterocycles. The van der Waals surface area contributed by atoms with Crippen LogP contribution in [0.1, 0.15) is 12.6 Å². The molecule has 0 aliphatic carbocycles. The second-order valence-corrected chi connectivity index (χ2v) is 3.25. The quantitative estimate of drug-likeness (QED) is 0.834. The van der Waals surface area contributed by atoms with E-state index in [0.717, 1.165) is 5.69 Å². The Morgan fingerprint density at radius 2 is 2.38 bits per heavy atom. The van der Waals surface area contributed by atoms with Gasteiger partial charge in [-0.3, -0.25) is 5.32 Å². The Kier molecular flexibility index (Phi) is 2.72. The Bertz CT molecular complexity index is 521.